The summed E-state index contributed by atoms with van der Waals surface area (Å²) in [6.07, 6.45) is 4.82. The van der Waals surface area contributed by atoms with E-state index in [1.807, 2.05) is 0 Å². The molecular weight excluding hydrogens is 218 g/mol. The van der Waals surface area contributed by atoms with Crippen LogP contribution in [0.3, 0.4) is 0 Å². The van der Waals surface area contributed by atoms with Crippen LogP contribution in [-0.4, -0.2) is 35.2 Å². The van der Waals surface area contributed by atoms with E-state index in [0.29, 0.717) is 18.7 Å². The summed E-state index contributed by atoms with van der Waals surface area (Å²) in [5.41, 5.74) is 1.43. The van der Waals surface area contributed by atoms with E-state index in [9.17, 15) is 5.11 Å². The van der Waals surface area contributed by atoms with E-state index in [4.69, 9.17) is 0 Å². The molecule has 0 aliphatic carbocycles. The fourth-order valence-corrected chi connectivity index (χ4v) is 3.35. The van der Waals surface area contributed by atoms with Gasteiger partial charge in [0.25, 0.3) is 0 Å². The lowest BCUT2D eigenvalue weighted by Crippen LogP contribution is -2.47. The van der Waals surface area contributed by atoms with Gasteiger partial charge in [-0.05, 0) is 55.1 Å². The predicted molar refractivity (Wildman–Crippen MR) is 68.9 cm³/mol. The van der Waals surface area contributed by atoms with Crippen LogP contribution < -0.4 is 0 Å². The Kier molecular flexibility index (Phi) is 4.38. The third-order valence-electron chi connectivity index (χ3n) is 3.56. The van der Waals surface area contributed by atoms with Gasteiger partial charge in [-0.25, -0.2) is 0 Å². The highest BCUT2D eigenvalue weighted by Gasteiger charge is 2.25. The molecule has 90 valence electrons. The van der Waals surface area contributed by atoms with Gasteiger partial charge in [-0.2, -0.15) is 11.3 Å². The number of rotatable bonds is 4. The zero-order chi connectivity index (χ0) is 11.4. The molecule has 2 atom stereocenters. The number of hydrogen-bond donors (Lipinski definition) is 1. The number of likely N-dealkylation sites (tertiary alicyclic amines) is 1. The molecule has 0 spiro atoms. The second-order valence-electron chi connectivity index (χ2n) is 4.75. The molecule has 1 aliphatic rings. The van der Waals surface area contributed by atoms with Crippen molar-refractivity contribution in [2.45, 2.75) is 44.7 Å². The zero-order valence-electron chi connectivity index (χ0n) is 9.93. The Labute approximate surface area is 102 Å². The van der Waals surface area contributed by atoms with E-state index in [1.54, 1.807) is 11.3 Å². The standard InChI is InChI=1S/C13H21NOS/c1-11(8-12-5-7-16-10-12)14-6-3-2-4-13(14)9-15/h5,7,10-11,13,15H,2-4,6,8-9H2,1H3. The highest BCUT2D eigenvalue weighted by Crippen LogP contribution is 2.21. The van der Waals surface area contributed by atoms with Crippen molar-refractivity contribution in [2.75, 3.05) is 13.2 Å². The fraction of sp³-hybridized carbons (Fsp3) is 0.692. The summed E-state index contributed by atoms with van der Waals surface area (Å²) >= 11 is 1.77. The second-order valence-corrected chi connectivity index (χ2v) is 5.53. The summed E-state index contributed by atoms with van der Waals surface area (Å²) in [7, 11) is 0. The summed E-state index contributed by atoms with van der Waals surface area (Å²) < 4.78 is 0. The highest BCUT2D eigenvalue weighted by atomic mass is 32.1. The molecule has 1 fully saturated rings. The van der Waals surface area contributed by atoms with Gasteiger partial charge in [-0.1, -0.05) is 6.42 Å². The van der Waals surface area contributed by atoms with Gasteiger partial charge >= 0.3 is 0 Å². The van der Waals surface area contributed by atoms with Crippen LogP contribution in [0.5, 0.6) is 0 Å². The molecule has 1 N–H and O–H groups in total. The number of thiophene rings is 1. The fourth-order valence-electron chi connectivity index (χ4n) is 2.67. The van der Waals surface area contributed by atoms with Crippen molar-refractivity contribution in [3.05, 3.63) is 22.4 Å². The van der Waals surface area contributed by atoms with Gasteiger partial charge < -0.3 is 5.11 Å². The van der Waals surface area contributed by atoms with Crippen LogP contribution >= 0.6 is 11.3 Å². The van der Waals surface area contributed by atoms with Crippen LogP contribution in [0.15, 0.2) is 16.8 Å². The van der Waals surface area contributed by atoms with Crippen LogP contribution in [-0.2, 0) is 6.42 Å². The van der Waals surface area contributed by atoms with Gasteiger partial charge in [-0.15, -0.1) is 0 Å². The maximum atomic E-state index is 9.40. The summed E-state index contributed by atoms with van der Waals surface area (Å²) in [6, 6.07) is 3.15. The Balaban J connectivity index is 1.94. The summed E-state index contributed by atoms with van der Waals surface area (Å²) in [4.78, 5) is 2.49. The Bertz CT molecular complexity index is 299. The van der Waals surface area contributed by atoms with E-state index in [0.717, 1.165) is 19.4 Å². The van der Waals surface area contributed by atoms with E-state index in [2.05, 4.69) is 28.7 Å². The minimum atomic E-state index is 0.313. The van der Waals surface area contributed by atoms with Crippen LogP contribution in [0.2, 0.25) is 0 Å². The maximum absolute atomic E-state index is 9.40. The molecule has 1 saturated heterocycles. The molecule has 0 saturated carbocycles. The number of piperidine rings is 1. The molecule has 2 heterocycles. The predicted octanol–water partition coefficient (Wildman–Crippen LogP) is 2.53. The molecule has 1 aliphatic heterocycles. The molecule has 0 amide bonds. The van der Waals surface area contributed by atoms with Gasteiger partial charge in [0.05, 0.1) is 6.61 Å². The first-order chi connectivity index (χ1) is 7.81. The van der Waals surface area contributed by atoms with E-state index >= 15 is 0 Å². The molecule has 0 aromatic carbocycles. The largest absolute Gasteiger partial charge is 0.395 e. The van der Waals surface area contributed by atoms with E-state index < -0.39 is 0 Å². The highest BCUT2D eigenvalue weighted by molar-refractivity contribution is 7.07. The molecule has 2 nitrogen and oxygen atoms in total. The average Bonchev–Trinajstić information content (AvgIpc) is 2.81. The Hall–Kier alpha value is -0.380. The topological polar surface area (TPSA) is 23.5 Å². The second kappa shape index (κ2) is 5.80. The molecular formula is C13H21NOS. The lowest BCUT2D eigenvalue weighted by atomic mass is 9.98. The monoisotopic (exact) mass is 239 g/mol. The van der Waals surface area contributed by atoms with Crippen LogP contribution in [0.1, 0.15) is 31.7 Å². The van der Waals surface area contributed by atoms with Crippen LogP contribution in [0.25, 0.3) is 0 Å². The smallest absolute Gasteiger partial charge is 0.0586 e. The first-order valence-corrected chi connectivity index (χ1v) is 7.13. The molecule has 1 aromatic rings. The SMILES string of the molecule is CC(Cc1ccsc1)N1CCCCC1CO. The number of nitrogens with zero attached hydrogens (tertiary/aromatic N) is 1. The third kappa shape index (κ3) is 2.84. The van der Waals surface area contributed by atoms with Crippen LogP contribution in [0, 0.1) is 0 Å². The molecule has 16 heavy (non-hydrogen) atoms. The first kappa shape index (κ1) is 12.1. The van der Waals surface area contributed by atoms with Crippen molar-refractivity contribution < 1.29 is 5.11 Å². The van der Waals surface area contributed by atoms with E-state index in [1.165, 1.54) is 18.4 Å². The van der Waals surface area contributed by atoms with Gasteiger partial charge in [0.15, 0.2) is 0 Å². The quantitative estimate of drug-likeness (QED) is 0.873. The molecule has 1 aromatic heterocycles. The summed E-state index contributed by atoms with van der Waals surface area (Å²) in [5, 5.41) is 13.8. The Morgan fingerprint density at radius 1 is 1.56 bits per heavy atom. The Morgan fingerprint density at radius 3 is 3.12 bits per heavy atom. The van der Waals surface area contributed by atoms with Gasteiger partial charge in [0, 0.05) is 12.1 Å². The number of aliphatic hydroxyl groups excluding tert-OH is 1. The minimum absolute atomic E-state index is 0.313. The van der Waals surface area contributed by atoms with Crippen molar-refractivity contribution in [1.82, 2.24) is 4.90 Å². The first-order valence-electron chi connectivity index (χ1n) is 6.19. The van der Waals surface area contributed by atoms with Gasteiger partial charge in [0.2, 0.25) is 0 Å². The average molecular weight is 239 g/mol. The molecule has 0 bridgehead atoms. The number of hydrogen-bond acceptors (Lipinski definition) is 3. The van der Waals surface area contributed by atoms with Gasteiger partial charge in [0.1, 0.15) is 0 Å². The maximum Gasteiger partial charge on any atom is 0.0586 e. The van der Waals surface area contributed by atoms with Crippen molar-refractivity contribution in [3.8, 4) is 0 Å². The van der Waals surface area contributed by atoms with Crippen molar-refractivity contribution in [3.63, 3.8) is 0 Å². The lowest BCUT2D eigenvalue weighted by molar-refractivity contribution is 0.0592. The van der Waals surface area contributed by atoms with Gasteiger partial charge in [-0.3, -0.25) is 4.90 Å². The molecule has 0 radical (unpaired) electrons. The van der Waals surface area contributed by atoms with Crippen molar-refractivity contribution in [2.24, 2.45) is 0 Å². The molecule has 2 unspecified atom stereocenters. The lowest BCUT2D eigenvalue weighted by Gasteiger charge is -2.39. The molecule has 2 rings (SSSR count). The van der Waals surface area contributed by atoms with E-state index in [-0.39, 0.29) is 0 Å². The third-order valence-corrected chi connectivity index (χ3v) is 4.29. The van der Waals surface area contributed by atoms with Crippen LogP contribution in [0.4, 0.5) is 0 Å². The van der Waals surface area contributed by atoms with Crippen molar-refractivity contribution >= 4 is 11.3 Å². The summed E-state index contributed by atoms with van der Waals surface area (Å²) in [5.74, 6) is 0. The normalized spacial score (nSPS) is 24.5. The Morgan fingerprint density at radius 2 is 2.44 bits per heavy atom. The minimum Gasteiger partial charge on any atom is -0.395 e. The van der Waals surface area contributed by atoms with Crippen molar-refractivity contribution in [1.29, 1.82) is 0 Å². The summed E-state index contributed by atoms with van der Waals surface area (Å²) in [6.45, 7) is 3.75. The molecule has 3 heteroatoms. The zero-order valence-corrected chi connectivity index (χ0v) is 10.7. The number of aliphatic hydroxyl groups is 1.